The summed E-state index contributed by atoms with van der Waals surface area (Å²) in [7, 11) is 0. The quantitative estimate of drug-likeness (QED) is 0.832. The van der Waals surface area contributed by atoms with Crippen LogP contribution in [0.5, 0.6) is 0 Å². The molecule has 124 valence electrons. The second kappa shape index (κ2) is 7.15. The number of carbonyl (C=O) groups excluding carboxylic acids is 1. The number of rotatable bonds is 5. The summed E-state index contributed by atoms with van der Waals surface area (Å²) in [5.74, 6) is -0.337. The number of amides is 1. The summed E-state index contributed by atoms with van der Waals surface area (Å²) >= 11 is 0. The lowest BCUT2D eigenvalue weighted by molar-refractivity contribution is -0.137. The van der Waals surface area contributed by atoms with Crippen molar-refractivity contribution in [3.8, 4) is 0 Å². The molecule has 0 spiro atoms. The van der Waals surface area contributed by atoms with E-state index in [1.807, 2.05) is 6.92 Å². The molecule has 0 aromatic carbocycles. The molecule has 0 unspecified atom stereocenters. The molecular formula is C15H22F3N3O. The van der Waals surface area contributed by atoms with Gasteiger partial charge in [-0.2, -0.15) is 18.3 Å². The van der Waals surface area contributed by atoms with Crippen molar-refractivity contribution < 1.29 is 18.0 Å². The number of aryl methyl sites for hydroxylation is 1. The van der Waals surface area contributed by atoms with Gasteiger partial charge in [-0.15, -0.1) is 0 Å². The smallest absolute Gasteiger partial charge is 0.335 e. The summed E-state index contributed by atoms with van der Waals surface area (Å²) in [5, 5.41) is 4.04. The van der Waals surface area contributed by atoms with Crippen LogP contribution in [-0.2, 0) is 6.54 Å². The SMILES string of the molecule is CCn1cc(C(=O)N(CCC(F)(F)F)C2CCCCC2)cn1. The molecule has 0 bridgehead atoms. The summed E-state index contributed by atoms with van der Waals surface area (Å²) in [6.45, 7) is 2.24. The van der Waals surface area contributed by atoms with Gasteiger partial charge in [0.05, 0.1) is 18.2 Å². The van der Waals surface area contributed by atoms with Crippen LogP contribution in [0.1, 0.15) is 55.8 Å². The van der Waals surface area contributed by atoms with Crippen molar-refractivity contribution in [1.29, 1.82) is 0 Å². The Balaban J connectivity index is 2.12. The van der Waals surface area contributed by atoms with Crippen molar-refractivity contribution in [3.63, 3.8) is 0 Å². The van der Waals surface area contributed by atoms with Gasteiger partial charge in [-0.05, 0) is 19.8 Å². The van der Waals surface area contributed by atoms with E-state index >= 15 is 0 Å². The van der Waals surface area contributed by atoms with Crippen LogP contribution in [0.25, 0.3) is 0 Å². The number of carbonyl (C=O) groups is 1. The molecular weight excluding hydrogens is 295 g/mol. The first-order valence-corrected chi connectivity index (χ1v) is 7.81. The van der Waals surface area contributed by atoms with Gasteiger partial charge in [0.15, 0.2) is 0 Å². The molecule has 0 aliphatic heterocycles. The predicted octanol–water partition coefficient (Wildman–Crippen LogP) is 3.63. The fraction of sp³-hybridized carbons (Fsp3) is 0.733. The molecule has 1 aliphatic carbocycles. The van der Waals surface area contributed by atoms with Gasteiger partial charge in [0, 0.05) is 25.3 Å². The van der Waals surface area contributed by atoms with Crippen LogP contribution in [0.2, 0.25) is 0 Å². The zero-order valence-electron chi connectivity index (χ0n) is 12.8. The topological polar surface area (TPSA) is 38.1 Å². The molecule has 1 aromatic heterocycles. The van der Waals surface area contributed by atoms with Gasteiger partial charge in [0.2, 0.25) is 0 Å². The maximum absolute atomic E-state index is 12.6. The second-order valence-electron chi connectivity index (χ2n) is 5.74. The molecule has 1 fully saturated rings. The first kappa shape index (κ1) is 16.8. The lowest BCUT2D eigenvalue weighted by Crippen LogP contribution is -2.43. The maximum atomic E-state index is 12.6. The van der Waals surface area contributed by atoms with Crippen LogP contribution in [0.3, 0.4) is 0 Å². The van der Waals surface area contributed by atoms with Gasteiger partial charge in [0.25, 0.3) is 5.91 Å². The maximum Gasteiger partial charge on any atom is 0.390 e. The number of halogens is 3. The monoisotopic (exact) mass is 317 g/mol. The highest BCUT2D eigenvalue weighted by molar-refractivity contribution is 5.94. The second-order valence-corrected chi connectivity index (χ2v) is 5.74. The Labute approximate surface area is 128 Å². The minimum absolute atomic E-state index is 0.0893. The van der Waals surface area contributed by atoms with Crippen molar-refractivity contribution in [2.75, 3.05) is 6.54 Å². The molecule has 1 heterocycles. The third kappa shape index (κ3) is 4.48. The van der Waals surface area contributed by atoms with E-state index in [0.29, 0.717) is 12.1 Å². The molecule has 4 nitrogen and oxygen atoms in total. The Hall–Kier alpha value is -1.53. The van der Waals surface area contributed by atoms with E-state index in [1.165, 1.54) is 11.1 Å². The van der Waals surface area contributed by atoms with Crippen molar-refractivity contribution in [2.45, 2.75) is 64.2 Å². The van der Waals surface area contributed by atoms with Gasteiger partial charge in [0.1, 0.15) is 0 Å². The Kier molecular flexibility index (Phi) is 5.47. The van der Waals surface area contributed by atoms with Crippen molar-refractivity contribution >= 4 is 5.91 Å². The van der Waals surface area contributed by atoms with E-state index in [0.717, 1.165) is 32.1 Å². The van der Waals surface area contributed by atoms with Crippen LogP contribution in [0.4, 0.5) is 13.2 Å². The third-order valence-electron chi connectivity index (χ3n) is 4.12. The molecule has 1 aromatic rings. The number of nitrogens with zero attached hydrogens (tertiary/aromatic N) is 3. The molecule has 22 heavy (non-hydrogen) atoms. The zero-order valence-corrected chi connectivity index (χ0v) is 12.8. The summed E-state index contributed by atoms with van der Waals surface area (Å²) in [4.78, 5) is 14.0. The summed E-state index contributed by atoms with van der Waals surface area (Å²) in [6.07, 6.45) is 2.42. The molecule has 1 saturated carbocycles. The standard InChI is InChI=1S/C15H22F3N3O/c1-2-20-11-12(10-19-20)14(22)21(9-8-15(16,17)18)13-6-4-3-5-7-13/h10-11,13H,2-9H2,1H3. The lowest BCUT2D eigenvalue weighted by Gasteiger charge is -2.34. The van der Waals surface area contributed by atoms with E-state index in [4.69, 9.17) is 0 Å². The van der Waals surface area contributed by atoms with Gasteiger partial charge in [-0.25, -0.2) is 0 Å². The first-order valence-electron chi connectivity index (χ1n) is 7.81. The van der Waals surface area contributed by atoms with Crippen LogP contribution >= 0.6 is 0 Å². The van der Waals surface area contributed by atoms with Gasteiger partial charge >= 0.3 is 6.18 Å². The van der Waals surface area contributed by atoms with Crippen molar-refractivity contribution in [2.24, 2.45) is 0 Å². The normalized spacial score (nSPS) is 16.7. The molecule has 7 heteroatoms. The number of hydrogen-bond acceptors (Lipinski definition) is 2. The lowest BCUT2D eigenvalue weighted by atomic mass is 9.93. The predicted molar refractivity (Wildman–Crippen MR) is 76.5 cm³/mol. The molecule has 0 atom stereocenters. The number of hydrogen-bond donors (Lipinski definition) is 0. The van der Waals surface area contributed by atoms with Gasteiger partial charge in [-0.1, -0.05) is 19.3 Å². The molecule has 2 rings (SSSR count). The highest BCUT2D eigenvalue weighted by Crippen LogP contribution is 2.27. The Morgan fingerprint density at radius 1 is 1.36 bits per heavy atom. The van der Waals surface area contributed by atoms with Gasteiger partial charge in [-0.3, -0.25) is 9.48 Å². The highest BCUT2D eigenvalue weighted by Gasteiger charge is 2.33. The van der Waals surface area contributed by atoms with E-state index in [1.54, 1.807) is 10.9 Å². The van der Waals surface area contributed by atoms with Crippen molar-refractivity contribution in [1.82, 2.24) is 14.7 Å². The van der Waals surface area contributed by atoms with E-state index in [2.05, 4.69) is 5.10 Å². The molecule has 1 aliphatic rings. The molecule has 1 amide bonds. The van der Waals surface area contributed by atoms with Crippen LogP contribution in [-0.4, -0.2) is 39.4 Å². The minimum Gasteiger partial charge on any atom is -0.335 e. The van der Waals surface area contributed by atoms with Crippen LogP contribution < -0.4 is 0 Å². The van der Waals surface area contributed by atoms with Crippen LogP contribution in [0.15, 0.2) is 12.4 Å². The van der Waals surface area contributed by atoms with Gasteiger partial charge < -0.3 is 4.90 Å². The molecule has 0 N–H and O–H groups in total. The Morgan fingerprint density at radius 2 is 2.05 bits per heavy atom. The first-order chi connectivity index (χ1) is 10.4. The summed E-state index contributed by atoms with van der Waals surface area (Å²) in [6, 6.07) is -0.0893. The molecule has 0 radical (unpaired) electrons. The minimum atomic E-state index is -4.25. The number of alkyl halides is 3. The number of aromatic nitrogens is 2. The summed E-state index contributed by atoms with van der Waals surface area (Å²) in [5.41, 5.74) is 0.370. The fourth-order valence-electron chi connectivity index (χ4n) is 2.90. The summed E-state index contributed by atoms with van der Waals surface area (Å²) < 4.78 is 39.3. The third-order valence-corrected chi connectivity index (χ3v) is 4.12. The fourth-order valence-corrected chi connectivity index (χ4v) is 2.90. The average molecular weight is 317 g/mol. The van der Waals surface area contributed by atoms with Crippen molar-refractivity contribution in [3.05, 3.63) is 18.0 Å². The van der Waals surface area contributed by atoms with E-state index in [9.17, 15) is 18.0 Å². The Bertz CT molecular complexity index is 492. The average Bonchev–Trinajstić information content (AvgIpc) is 2.96. The molecule has 0 saturated heterocycles. The van der Waals surface area contributed by atoms with Crippen LogP contribution in [0, 0.1) is 0 Å². The Morgan fingerprint density at radius 3 is 2.59 bits per heavy atom. The zero-order chi connectivity index (χ0) is 16.2. The van der Waals surface area contributed by atoms with E-state index in [-0.39, 0.29) is 18.5 Å². The highest BCUT2D eigenvalue weighted by atomic mass is 19.4. The largest absolute Gasteiger partial charge is 0.390 e. The van der Waals surface area contributed by atoms with E-state index < -0.39 is 12.6 Å².